The first-order chi connectivity index (χ1) is 11.8. The summed E-state index contributed by atoms with van der Waals surface area (Å²) in [6.45, 7) is 6.80. The van der Waals surface area contributed by atoms with E-state index in [2.05, 4.69) is 31.8 Å². The molecule has 2 aromatic heterocycles. The fourth-order valence-corrected chi connectivity index (χ4v) is 5.08. The third kappa shape index (κ3) is 3.65. The zero-order chi connectivity index (χ0) is 18.2. The van der Waals surface area contributed by atoms with E-state index in [0.29, 0.717) is 11.5 Å². The first-order valence-electron chi connectivity index (χ1n) is 8.11. The highest BCUT2D eigenvalue weighted by Gasteiger charge is 2.32. The Kier molecular flexibility index (Phi) is 4.76. The summed E-state index contributed by atoms with van der Waals surface area (Å²) in [5, 5.41) is 22.5. The van der Waals surface area contributed by atoms with Crippen LogP contribution in [0.1, 0.15) is 48.1 Å². The van der Waals surface area contributed by atoms with Crippen LogP contribution >= 0.6 is 22.7 Å². The van der Waals surface area contributed by atoms with Gasteiger partial charge in [-0.1, -0.05) is 20.8 Å². The van der Waals surface area contributed by atoms with Crippen molar-refractivity contribution in [2.75, 3.05) is 0 Å². The van der Waals surface area contributed by atoms with Gasteiger partial charge in [-0.3, -0.25) is 10.1 Å². The van der Waals surface area contributed by atoms with Gasteiger partial charge in [-0.05, 0) is 36.2 Å². The molecule has 5 nitrogen and oxygen atoms in total. The van der Waals surface area contributed by atoms with Gasteiger partial charge in [0.25, 0.3) is 5.69 Å². The Hall–Kier alpha value is -2.04. The number of nitriles is 1. The quantitative estimate of drug-likeness (QED) is 0.405. The Morgan fingerprint density at radius 2 is 2.24 bits per heavy atom. The molecule has 25 heavy (non-hydrogen) atoms. The van der Waals surface area contributed by atoms with Gasteiger partial charge in [0.2, 0.25) is 0 Å². The molecule has 0 N–H and O–H groups in total. The summed E-state index contributed by atoms with van der Waals surface area (Å²) < 4.78 is 0. The van der Waals surface area contributed by atoms with Crippen LogP contribution in [0.25, 0.3) is 0 Å². The summed E-state index contributed by atoms with van der Waals surface area (Å²) in [4.78, 5) is 16.8. The van der Waals surface area contributed by atoms with E-state index in [0.717, 1.165) is 34.7 Å². The molecule has 0 saturated carbocycles. The number of thiophene rings is 2. The molecule has 1 aliphatic carbocycles. The molecule has 0 unspecified atom stereocenters. The van der Waals surface area contributed by atoms with Gasteiger partial charge in [0.15, 0.2) is 0 Å². The average molecular weight is 374 g/mol. The van der Waals surface area contributed by atoms with Crippen molar-refractivity contribution in [2.45, 2.75) is 40.0 Å². The lowest BCUT2D eigenvalue weighted by Gasteiger charge is -2.33. The van der Waals surface area contributed by atoms with Crippen LogP contribution in [0, 0.1) is 32.8 Å². The molecule has 0 radical (unpaired) electrons. The predicted octanol–water partition coefficient (Wildman–Crippen LogP) is 5.49. The fraction of sp³-hybridized carbons (Fsp3) is 0.444. The van der Waals surface area contributed by atoms with E-state index in [1.807, 2.05) is 0 Å². The maximum atomic E-state index is 10.8. The van der Waals surface area contributed by atoms with Crippen LogP contribution in [0.4, 0.5) is 10.7 Å². The van der Waals surface area contributed by atoms with Crippen LogP contribution in [0.3, 0.4) is 0 Å². The van der Waals surface area contributed by atoms with Gasteiger partial charge < -0.3 is 0 Å². The van der Waals surface area contributed by atoms with E-state index >= 15 is 0 Å². The highest BCUT2D eigenvalue weighted by molar-refractivity contribution is 7.16. The van der Waals surface area contributed by atoms with Crippen LogP contribution in [-0.4, -0.2) is 11.1 Å². The van der Waals surface area contributed by atoms with Gasteiger partial charge in [-0.25, -0.2) is 4.99 Å². The minimum absolute atomic E-state index is 0.0745. The molecule has 1 aliphatic rings. The molecule has 0 fully saturated rings. The molecule has 7 heteroatoms. The highest BCUT2D eigenvalue weighted by atomic mass is 32.1. The summed E-state index contributed by atoms with van der Waals surface area (Å²) in [5.41, 5.74) is 2.16. The number of hydrogen-bond acceptors (Lipinski definition) is 6. The molecule has 0 spiro atoms. The summed E-state index contributed by atoms with van der Waals surface area (Å²) in [6, 6.07) is 3.81. The summed E-state index contributed by atoms with van der Waals surface area (Å²) in [7, 11) is 0. The summed E-state index contributed by atoms with van der Waals surface area (Å²) in [5.74, 6) is 0.613. The number of aliphatic imine (C=N–C) groups is 1. The number of nitrogens with zero attached hydrogens (tertiary/aromatic N) is 3. The van der Waals surface area contributed by atoms with Gasteiger partial charge in [0.05, 0.1) is 20.7 Å². The van der Waals surface area contributed by atoms with Crippen molar-refractivity contribution >= 4 is 39.6 Å². The minimum Gasteiger partial charge on any atom is -0.258 e. The summed E-state index contributed by atoms with van der Waals surface area (Å²) >= 11 is 2.87. The Labute approximate surface area is 154 Å². The molecular formula is C18H19N3O2S2. The molecule has 130 valence electrons. The molecule has 3 rings (SSSR count). The lowest BCUT2D eigenvalue weighted by Crippen LogP contribution is -2.26. The summed E-state index contributed by atoms with van der Waals surface area (Å²) in [6.07, 6.45) is 4.65. The smallest absolute Gasteiger partial charge is 0.258 e. The SMILES string of the molecule is CC(C)(C)[C@H]1CCc2c(sc(N=Cc3cc([N+](=O)[O-])cs3)c2C#N)C1. The molecular weight excluding hydrogens is 354 g/mol. The molecule has 0 amide bonds. The van der Waals surface area contributed by atoms with Gasteiger partial charge >= 0.3 is 0 Å². The Bertz CT molecular complexity index is 881. The minimum atomic E-state index is -0.412. The van der Waals surface area contributed by atoms with E-state index in [1.165, 1.54) is 27.7 Å². The lowest BCUT2D eigenvalue weighted by molar-refractivity contribution is -0.384. The van der Waals surface area contributed by atoms with Crippen molar-refractivity contribution in [3.8, 4) is 6.07 Å². The van der Waals surface area contributed by atoms with Crippen LogP contribution < -0.4 is 0 Å². The van der Waals surface area contributed by atoms with E-state index in [-0.39, 0.29) is 11.1 Å². The second-order valence-electron chi connectivity index (χ2n) is 7.32. The number of nitro groups is 1. The monoisotopic (exact) mass is 373 g/mol. The third-order valence-electron chi connectivity index (χ3n) is 4.71. The third-order valence-corrected chi connectivity index (χ3v) is 6.73. The number of rotatable bonds is 3. The molecule has 1 atom stereocenters. The second kappa shape index (κ2) is 6.70. The Morgan fingerprint density at radius 3 is 2.84 bits per heavy atom. The van der Waals surface area contributed by atoms with Gasteiger partial charge in [0, 0.05) is 17.2 Å². The number of fused-ring (bicyclic) bond motifs is 1. The first-order valence-corrected chi connectivity index (χ1v) is 9.81. The topological polar surface area (TPSA) is 79.3 Å². The molecule has 0 aliphatic heterocycles. The first kappa shape index (κ1) is 17.8. The number of hydrogen-bond donors (Lipinski definition) is 0. The van der Waals surface area contributed by atoms with Crippen LogP contribution in [0.5, 0.6) is 0 Å². The van der Waals surface area contributed by atoms with Gasteiger partial charge in [-0.2, -0.15) is 5.26 Å². The Balaban J connectivity index is 1.88. The standard InChI is InChI=1S/C18H19N3O2S2/c1-18(2,3)11-4-5-14-15(8-19)17(25-16(14)6-11)20-9-13-7-12(10-24-13)21(22)23/h7,9-11H,4-6H2,1-3H3/t11-/m0/s1. The normalized spacial score (nSPS) is 17.4. The molecule has 2 heterocycles. The van der Waals surface area contributed by atoms with Crippen molar-refractivity contribution in [1.82, 2.24) is 0 Å². The van der Waals surface area contributed by atoms with Crippen molar-refractivity contribution in [3.05, 3.63) is 42.4 Å². The predicted molar refractivity (Wildman–Crippen MR) is 102 cm³/mol. The average Bonchev–Trinajstić information content (AvgIpc) is 3.15. The van der Waals surface area contributed by atoms with Crippen molar-refractivity contribution in [3.63, 3.8) is 0 Å². The van der Waals surface area contributed by atoms with Crippen LogP contribution in [0.15, 0.2) is 16.4 Å². The van der Waals surface area contributed by atoms with Crippen molar-refractivity contribution < 1.29 is 4.92 Å². The van der Waals surface area contributed by atoms with Gasteiger partial charge in [-0.15, -0.1) is 22.7 Å². The van der Waals surface area contributed by atoms with E-state index < -0.39 is 4.92 Å². The fourth-order valence-electron chi connectivity index (χ4n) is 3.14. The second-order valence-corrected chi connectivity index (χ2v) is 9.35. The van der Waals surface area contributed by atoms with E-state index in [9.17, 15) is 15.4 Å². The molecule has 2 aromatic rings. The highest BCUT2D eigenvalue weighted by Crippen LogP contribution is 2.44. The zero-order valence-electron chi connectivity index (χ0n) is 14.4. The maximum Gasteiger partial charge on any atom is 0.280 e. The maximum absolute atomic E-state index is 10.8. The molecule has 0 aromatic carbocycles. The lowest BCUT2D eigenvalue weighted by atomic mass is 9.72. The van der Waals surface area contributed by atoms with Crippen molar-refractivity contribution in [1.29, 1.82) is 5.26 Å². The van der Waals surface area contributed by atoms with Crippen LogP contribution in [0.2, 0.25) is 0 Å². The largest absolute Gasteiger partial charge is 0.280 e. The zero-order valence-corrected chi connectivity index (χ0v) is 16.0. The van der Waals surface area contributed by atoms with E-state index in [4.69, 9.17) is 0 Å². The Morgan fingerprint density at radius 1 is 1.48 bits per heavy atom. The molecule has 0 saturated heterocycles. The molecule has 0 bridgehead atoms. The van der Waals surface area contributed by atoms with E-state index in [1.54, 1.807) is 17.6 Å². The van der Waals surface area contributed by atoms with Crippen LogP contribution in [-0.2, 0) is 12.8 Å². The van der Waals surface area contributed by atoms with Gasteiger partial charge in [0.1, 0.15) is 11.1 Å². The van der Waals surface area contributed by atoms with Crippen molar-refractivity contribution in [2.24, 2.45) is 16.3 Å².